The van der Waals surface area contributed by atoms with Gasteiger partial charge in [-0.2, -0.15) is 0 Å². The molecule has 0 spiro atoms. The maximum absolute atomic E-state index is 9.85. The summed E-state index contributed by atoms with van der Waals surface area (Å²) >= 11 is 5.52. The summed E-state index contributed by atoms with van der Waals surface area (Å²) in [4.78, 5) is 9.85. The lowest BCUT2D eigenvalue weighted by atomic mass is 10.3. The van der Waals surface area contributed by atoms with E-state index in [0.717, 1.165) is 6.08 Å². The molecule has 1 N–H and O–H groups in total. The van der Waals surface area contributed by atoms with Crippen LogP contribution in [0.5, 0.6) is 0 Å². The van der Waals surface area contributed by atoms with Crippen LogP contribution in [-0.2, 0) is 4.79 Å². The van der Waals surface area contributed by atoms with Crippen molar-refractivity contribution in [3.8, 4) is 0 Å². The molecule has 0 fully saturated rings. The van der Waals surface area contributed by atoms with E-state index in [9.17, 15) is 4.79 Å². The number of carbonyl (C=O) groups is 1. The molecule has 0 saturated heterocycles. The van der Waals surface area contributed by atoms with E-state index in [1.807, 2.05) is 6.92 Å². The summed E-state index contributed by atoms with van der Waals surface area (Å²) in [6.45, 7) is 1.81. The number of hydrogen-bond acceptors (Lipinski definition) is 1. The van der Waals surface area contributed by atoms with E-state index in [-0.39, 0.29) is 5.38 Å². The molecule has 0 aromatic carbocycles. The van der Waals surface area contributed by atoms with Gasteiger partial charge in [-0.25, -0.2) is 4.79 Å². The molecular formula is C6H9ClO2. The van der Waals surface area contributed by atoms with E-state index in [4.69, 9.17) is 16.7 Å². The lowest BCUT2D eigenvalue weighted by molar-refractivity contribution is -0.131. The van der Waals surface area contributed by atoms with Crippen LogP contribution in [0.4, 0.5) is 0 Å². The van der Waals surface area contributed by atoms with Gasteiger partial charge in [-0.05, 0) is 13.3 Å². The Hall–Kier alpha value is -0.500. The maximum Gasteiger partial charge on any atom is 0.327 e. The third-order valence-electron chi connectivity index (χ3n) is 0.721. The van der Waals surface area contributed by atoms with E-state index < -0.39 is 5.97 Å². The Labute approximate surface area is 59.1 Å². The fourth-order valence-electron chi connectivity index (χ4n) is 0.356. The van der Waals surface area contributed by atoms with Gasteiger partial charge in [0.25, 0.3) is 0 Å². The van der Waals surface area contributed by atoms with Crippen LogP contribution in [0.15, 0.2) is 12.2 Å². The molecule has 0 amide bonds. The smallest absolute Gasteiger partial charge is 0.327 e. The number of rotatable bonds is 3. The highest BCUT2D eigenvalue weighted by molar-refractivity contribution is 6.20. The number of hydrogen-bond donors (Lipinski definition) is 1. The molecule has 0 aromatic rings. The molecule has 52 valence electrons. The normalized spacial score (nSPS) is 14.0. The standard InChI is InChI=1S/C6H9ClO2/c1-5(7)3-2-4-6(8)9/h2,4-5H,3H2,1H3,(H,8,9)/b4-2+. The van der Waals surface area contributed by atoms with Crippen LogP contribution in [0, 0.1) is 0 Å². The van der Waals surface area contributed by atoms with Crippen LogP contribution in [0.2, 0.25) is 0 Å². The molecule has 0 aliphatic carbocycles. The molecule has 0 bridgehead atoms. The zero-order valence-electron chi connectivity index (χ0n) is 5.17. The van der Waals surface area contributed by atoms with Crippen molar-refractivity contribution in [1.82, 2.24) is 0 Å². The van der Waals surface area contributed by atoms with Gasteiger partial charge in [0.1, 0.15) is 0 Å². The molecule has 9 heavy (non-hydrogen) atoms. The van der Waals surface area contributed by atoms with Crippen molar-refractivity contribution in [3.63, 3.8) is 0 Å². The van der Waals surface area contributed by atoms with Gasteiger partial charge >= 0.3 is 5.97 Å². The van der Waals surface area contributed by atoms with Crippen molar-refractivity contribution in [2.45, 2.75) is 18.7 Å². The second kappa shape index (κ2) is 4.39. The number of carboxylic acid groups (broad SMARTS) is 1. The SMILES string of the molecule is CC(Cl)C/C=C/C(=O)O. The molecule has 0 saturated carbocycles. The Morgan fingerprint density at radius 2 is 2.44 bits per heavy atom. The molecule has 3 heteroatoms. The Kier molecular flexibility index (Phi) is 4.14. The monoisotopic (exact) mass is 148 g/mol. The highest BCUT2D eigenvalue weighted by Gasteiger charge is 1.90. The van der Waals surface area contributed by atoms with Crippen LogP contribution >= 0.6 is 11.6 Å². The van der Waals surface area contributed by atoms with Gasteiger partial charge < -0.3 is 5.11 Å². The first-order valence-electron chi connectivity index (χ1n) is 2.66. The molecule has 0 rings (SSSR count). The molecular weight excluding hydrogens is 140 g/mol. The van der Waals surface area contributed by atoms with Gasteiger partial charge in [0.15, 0.2) is 0 Å². The third-order valence-corrected chi connectivity index (χ3v) is 0.899. The topological polar surface area (TPSA) is 37.3 Å². The maximum atomic E-state index is 9.85. The van der Waals surface area contributed by atoms with Crippen molar-refractivity contribution < 1.29 is 9.90 Å². The summed E-state index contributed by atoms with van der Waals surface area (Å²) in [5.74, 6) is -0.924. The van der Waals surface area contributed by atoms with Crippen molar-refractivity contribution in [1.29, 1.82) is 0 Å². The largest absolute Gasteiger partial charge is 0.478 e. The Morgan fingerprint density at radius 1 is 1.89 bits per heavy atom. The molecule has 0 radical (unpaired) electrons. The average Bonchev–Trinajstić information content (AvgIpc) is 1.63. The summed E-state index contributed by atoms with van der Waals surface area (Å²) in [5.41, 5.74) is 0. The molecule has 2 nitrogen and oxygen atoms in total. The van der Waals surface area contributed by atoms with Crippen molar-refractivity contribution in [3.05, 3.63) is 12.2 Å². The van der Waals surface area contributed by atoms with E-state index in [1.54, 1.807) is 6.08 Å². The number of carboxylic acids is 1. The van der Waals surface area contributed by atoms with Gasteiger partial charge in [-0.1, -0.05) is 6.08 Å². The number of aliphatic carboxylic acids is 1. The minimum Gasteiger partial charge on any atom is -0.478 e. The van der Waals surface area contributed by atoms with Gasteiger partial charge in [-0.15, -0.1) is 11.6 Å². The van der Waals surface area contributed by atoms with Gasteiger partial charge in [-0.3, -0.25) is 0 Å². The van der Waals surface area contributed by atoms with E-state index in [2.05, 4.69) is 0 Å². The first kappa shape index (κ1) is 8.50. The van der Waals surface area contributed by atoms with Crippen LogP contribution in [0.25, 0.3) is 0 Å². The average molecular weight is 149 g/mol. The fourth-order valence-corrected chi connectivity index (χ4v) is 0.459. The summed E-state index contributed by atoms with van der Waals surface area (Å²) in [6.07, 6.45) is 3.24. The second-order valence-electron chi connectivity index (χ2n) is 1.76. The molecule has 1 atom stereocenters. The van der Waals surface area contributed by atoms with E-state index >= 15 is 0 Å². The second-order valence-corrected chi connectivity index (χ2v) is 2.50. The van der Waals surface area contributed by atoms with Gasteiger partial charge in [0.05, 0.1) is 0 Å². The van der Waals surface area contributed by atoms with Crippen LogP contribution < -0.4 is 0 Å². The number of alkyl halides is 1. The Balaban J connectivity index is 3.36. The summed E-state index contributed by atoms with van der Waals surface area (Å²) in [7, 11) is 0. The predicted molar refractivity (Wildman–Crippen MR) is 36.7 cm³/mol. The van der Waals surface area contributed by atoms with E-state index in [0.29, 0.717) is 6.42 Å². The molecule has 0 heterocycles. The van der Waals surface area contributed by atoms with Crippen molar-refractivity contribution >= 4 is 17.6 Å². The highest BCUT2D eigenvalue weighted by atomic mass is 35.5. The minimum atomic E-state index is -0.924. The fraction of sp³-hybridized carbons (Fsp3) is 0.500. The van der Waals surface area contributed by atoms with Gasteiger partial charge in [0.2, 0.25) is 0 Å². The van der Waals surface area contributed by atoms with E-state index in [1.165, 1.54) is 0 Å². The Bertz CT molecular complexity index is 118. The summed E-state index contributed by atoms with van der Waals surface area (Å²) in [5, 5.41) is 8.11. The van der Waals surface area contributed by atoms with Crippen molar-refractivity contribution in [2.75, 3.05) is 0 Å². The summed E-state index contributed by atoms with van der Waals surface area (Å²) < 4.78 is 0. The molecule has 0 aliphatic heterocycles. The molecule has 1 unspecified atom stereocenters. The molecule has 0 aromatic heterocycles. The number of halogens is 1. The molecule has 0 aliphatic rings. The van der Waals surface area contributed by atoms with Crippen molar-refractivity contribution in [2.24, 2.45) is 0 Å². The van der Waals surface area contributed by atoms with Gasteiger partial charge in [0, 0.05) is 11.5 Å². The highest BCUT2D eigenvalue weighted by Crippen LogP contribution is 1.99. The number of allylic oxidation sites excluding steroid dienone is 1. The van der Waals surface area contributed by atoms with Crippen LogP contribution in [0.3, 0.4) is 0 Å². The van der Waals surface area contributed by atoms with Crippen LogP contribution in [-0.4, -0.2) is 16.5 Å². The quantitative estimate of drug-likeness (QED) is 0.488. The Morgan fingerprint density at radius 3 is 2.78 bits per heavy atom. The van der Waals surface area contributed by atoms with Crippen LogP contribution in [0.1, 0.15) is 13.3 Å². The minimum absolute atomic E-state index is 0.0144. The zero-order valence-corrected chi connectivity index (χ0v) is 5.93. The third kappa shape index (κ3) is 7.50. The lowest BCUT2D eigenvalue weighted by Gasteiger charge is -1.91. The predicted octanol–water partition coefficient (Wildman–Crippen LogP) is 1.64. The zero-order chi connectivity index (χ0) is 7.28. The first-order valence-corrected chi connectivity index (χ1v) is 3.10. The first-order chi connectivity index (χ1) is 4.13. The summed E-state index contributed by atoms with van der Waals surface area (Å²) in [6, 6.07) is 0. The lowest BCUT2D eigenvalue weighted by Crippen LogP contribution is -1.89.